The molecule has 1 aliphatic heterocycles. The summed E-state index contributed by atoms with van der Waals surface area (Å²) in [6, 6.07) is 6.34. The first-order valence-corrected chi connectivity index (χ1v) is 8.21. The van der Waals surface area contributed by atoms with Gasteiger partial charge >= 0.3 is 0 Å². The minimum atomic E-state index is -0.741. The molecule has 8 nitrogen and oxygen atoms in total. The van der Waals surface area contributed by atoms with Crippen LogP contribution in [0.2, 0.25) is 10.2 Å². The highest BCUT2D eigenvalue weighted by molar-refractivity contribution is 6.33. The standard InChI is InChI=1S/C16H11Cl2N5O3/c17-9-4-2-1-3-8(9)13(10-6-25-7-26-10)23-11(24)5-20-12-14(18)21-16(19)22-15(12)23/h1-6,13H,7H2,(H2,19,21,22). The second-order valence-corrected chi connectivity index (χ2v) is 6.15. The molecular weight excluding hydrogens is 381 g/mol. The average Bonchev–Trinajstić information content (AvgIpc) is 3.12. The smallest absolute Gasteiger partial charge is 0.271 e. The molecule has 0 saturated carbocycles. The lowest BCUT2D eigenvalue weighted by Gasteiger charge is -2.22. The zero-order valence-electron chi connectivity index (χ0n) is 13.1. The van der Waals surface area contributed by atoms with Crippen LogP contribution in [0.3, 0.4) is 0 Å². The van der Waals surface area contributed by atoms with E-state index in [2.05, 4.69) is 15.0 Å². The minimum Gasteiger partial charge on any atom is -0.462 e. The third-order valence-electron chi connectivity index (χ3n) is 3.83. The monoisotopic (exact) mass is 391 g/mol. The fraction of sp³-hybridized carbons (Fsp3) is 0.125. The second-order valence-electron chi connectivity index (χ2n) is 5.38. The maximum Gasteiger partial charge on any atom is 0.271 e. The summed E-state index contributed by atoms with van der Waals surface area (Å²) in [5.41, 5.74) is 6.30. The van der Waals surface area contributed by atoms with E-state index in [1.165, 1.54) is 10.8 Å². The molecule has 2 aromatic heterocycles. The summed E-state index contributed by atoms with van der Waals surface area (Å²) >= 11 is 12.5. The summed E-state index contributed by atoms with van der Waals surface area (Å²) in [7, 11) is 0. The van der Waals surface area contributed by atoms with Crippen molar-refractivity contribution in [1.29, 1.82) is 0 Å². The Hall–Kier alpha value is -2.84. The van der Waals surface area contributed by atoms with E-state index < -0.39 is 11.6 Å². The Kier molecular flexibility index (Phi) is 4.14. The lowest BCUT2D eigenvalue weighted by atomic mass is 10.0. The minimum absolute atomic E-state index is 0.0337. The maximum atomic E-state index is 12.7. The molecule has 0 aliphatic carbocycles. The molecule has 0 radical (unpaired) electrons. The Morgan fingerprint density at radius 3 is 2.77 bits per heavy atom. The first-order valence-electron chi connectivity index (χ1n) is 7.45. The molecule has 4 rings (SSSR count). The summed E-state index contributed by atoms with van der Waals surface area (Å²) in [5, 5.41) is 0.482. The van der Waals surface area contributed by atoms with E-state index in [4.69, 9.17) is 38.4 Å². The number of benzene rings is 1. The Labute approximate surface area is 156 Å². The van der Waals surface area contributed by atoms with Crippen LogP contribution in [0.1, 0.15) is 11.6 Å². The Morgan fingerprint density at radius 2 is 2.04 bits per heavy atom. The molecule has 2 N–H and O–H groups in total. The summed E-state index contributed by atoms with van der Waals surface area (Å²) in [4.78, 5) is 24.8. The van der Waals surface area contributed by atoms with Crippen molar-refractivity contribution in [3.8, 4) is 0 Å². The van der Waals surface area contributed by atoms with E-state index in [9.17, 15) is 4.79 Å². The van der Waals surface area contributed by atoms with E-state index in [1.54, 1.807) is 24.3 Å². The van der Waals surface area contributed by atoms with E-state index in [-0.39, 0.29) is 29.1 Å². The molecule has 0 fully saturated rings. The van der Waals surface area contributed by atoms with Crippen LogP contribution in [-0.4, -0.2) is 26.3 Å². The van der Waals surface area contributed by atoms with Gasteiger partial charge < -0.3 is 15.2 Å². The summed E-state index contributed by atoms with van der Waals surface area (Å²) in [6.07, 6.45) is 2.56. The van der Waals surface area contributed by atoms with Crippen molar-refractivity contribution in [3.05, 3.63) is 68.6 Å². The van der Waals surface area contributed by atoms with Crippen LogP contribution >= 0.6 is 23.2 Å². The highest BCUT2D eigenvalue weighted by Gasteiger charge is 2.29. The zero-order valence-corrected chi connectivity index (χ0v) is 14.6. The number of nitrogens with two attached hydrogens (primary N) is 1. The first-order chi connectivity index (χ1) is 12.6. The van der Waals surface area contributed by atoms with Crippen LogP contribution in [-0.2, 0) is 9.47 Å². The molecule has 1 aromatic carbocycles. The maximum absolute atomic E-state index is 12.7. The molecule has 1 atom stereocenters. The SMILES string of the molecule is Nc1nc(Cl)c2ncc(=O)n(C(C3=COCO3)c3ccccc3Cl)c2n1. The van der Waals surface area contributed by atoms with Gasteiger partial charge in [-0.05, 0) is 6.07 Å². The van der Waals surface area contributed by atoms with Gasteiger partial charge in [0.2, 0.25) is 12.7 Å². The molecule has 1 unspecified atom stereocenters. The first kappa shape index (κ1) is 16.6. The molecule has 0 saturated heterocycles. The van der Waals surface area contributed by atoms with Crippen molar-refractivity contribution in [1.82, 2.24) is 19.5 Å². The third-order valence-corrected chi connectivity index (χ3v) is 4.44. The molecule has 26 heavy (non-hydrogen) atoms. The molecule has 10 heteroatoms. The fourth-order valence-corrected chi connectivity index (χ4v) is 3.22. The van der Waals surface area contributed by atoms with Gasteiger partial charge in [-0.2, -0.15) is 9.97 Å². The van der Waals surface area contributed by atoms with Crippen LogP contribution in [0.5, 0.6) is 0 Å². The Bertz CT molecular complexity index is 1100. The van der Waals surface area contributed by atoms with E-state index in [1.807, 2.05) is 0 Å². The molecule has 3 heterocycles. The van der Waals surface area contributed by atoms with Crippen LogP contribution in [0.15, 0.2) is 47.3 Å². The predicted octanol–water partition coefficient (Wildman–Crippen LogP) is 2.51. The van der Waals surface area contributed by atoms with Crippen molar-refractivity contribution in [3.63, 3.8) is 0 Å². The van der Waals surface area contributed by atoms with E-state index >= 15 is 0 Å². The van der Waals surface area contributed by atoms with Gasteiger partial charge in [-0.15, -0.1) is 0 Å². The normalized spacial score (nSPS) is 14.6. The van der Waals surface area contributed by atoms with Crippen molar-refractivity contribution in [2.24, 2.45) is 0 Å². The topological polar surface area (TPSA) is 105 Å². The fourth-order valence-electron chi connectivity index (χ4n) is 2.76. The number of hydrogen-bond donors (Lipinski definition) is 1. The lowest BCUT2D eigenvalue weighted by Crippen LogP contribution is -2.28. The lowest BCUT2D eigenvalue weighted by molar-refractivity contribution is 0.0737. The molecule has 0 amide bonds. The van der Waals surface area contributed by atoms with Gasteiger partial charge in [0.25, 0.3) is 5.56 Å². The van der Waals surface area contributed by atoms with Gasteiger partial charge in [-0.3, -0.25) is 9.36 Å². The number of nitrogens with zero attached hydrogens (tertiary/aromatic N) is 4. The number of rotatable bonds is 3. The van der Waals surface area contributed by atoms with Gasteiger partial charge in [0.1, 0.15) is 17.8 Å². The number of anilines is 1. The van der Waals surface area contributed by atoms with Crippen LogP contribution in [0, 0.1) is 0 Å². The molecule has 1 aliphatic rings. The molecule has 0 bridgehead atoms. The number of aromatic nitrogens is 4. The number of hydrogen-bond acceptors (Lipinski definition) is 7. The number of halogens is 2. The average molecular weight is 392 g/mol. The van der Waals surface area contributed by atoms with Gasteiger partial charge in [0.15, 0.2) is 16.6 Å². The predicted molar refractivity (Wildman–Crippen MR) is 95.7 cm³/mol. The van der Waals surface area contributed by atoms with Gasteiger partial charge in [0, 0.05) is 10.6 Å². The molecule has 3 aromatic rings. The number of ether oxygens (including phenoxy) is 2. The second kappa shape index (κ2) is 6.47. The van der Waals surface area contributed by atoms with Gasteiger partial charge in [0.05, 0.1) is 6.20 Å². The van der Waals surface area contributed by atoms with Gasteiger partial charge in [-0.1, -0.05) is 41.4 Å². The summed E-state index contributed by atoms with van der Waals surface area (Å²) < 4.78 is 12.1. The van der Waals surface area contributed by atoms with Crippen LogP contribution < -0.4 is 11.3 Å². The number of fused-ring (bicyclic) bond motifs is 1. The largest absolute Gasteiger partial charge is 0.462 e. The Balaban J connectivity index is 2.08. The molecular formula is C16H11Cl2N5O3. The summed E-state index contributed by atoms with van der Waals surface area (Å²) in [5.74, 6) is 0.306. The highest BCUT2D eigenvalue weighted by Crippen LogP contribution is 2.34. The van der Waals surface area contributed by atoms with Crippen LogP contribution in [0.4, 0.5) is 5.95 Å². The molecule has 132 valence electrons. The van der Waals surface area contributed by atoms with E-state index in [0.29, 0.717) is 16.3 Å². The van der Waals surface area contributed by atoms with Crippen molar-refractivity contribution >= 4 is 40.3 Å². The number of nitrogen functional groups attached to an aromatic ring is 1. The molecule has 0 spiro atoms. The quantitative estimate of drug-likeness (QED) is 0.683. The van der Waals surface area contributed by atoms with Gasteiger partial charge in [-0.25, -0.2) is 4.98 Å². The number of allylic oxidation sites excluding steroid dienone is 1. The zero-order chi connectivity index (χ0) is 18.3. The van der Waals surface area contributed by atoms with Crippen molar-refractivity contribution < 1.29 is 9.47 Å². The van der Waals surface area contributed by atoms with E-state index in [0.717, 1.165) is 6.20 Å². The van der Waals surface area contributed by atoms with Crippen LogP contribution in [0.25, 0.3) is 11.2 Å². The Morgan fingerprint density at radius 1 is 1.23 bits per heavy atom. The summed E-state index contributed by atoms with van der Waals surface area (Å²) in [6.45, 7) is 0.0337. The van der Waals surface area contributed by atoms with Crippen molar-refractivity contribution in [2.75, 3.05) is 12.5 Å². The van der Waals surface area contributed by atoms with Crippen molar-refractivity contribution in [2.45, 2.75) is 6.04 Å². The third kappa shape index (κ3) is 2.73. The highest BCUT2D eigenvalue weighted by atomic mass is 35.5.